The first kappa shape index (κ1) is 16.2. The molecule has 1 saturated carbocycles. The monoisotopic (exact) mass is 336 g/mol. The van der Waals surface area contributed by atoms with Crippen LogP contribution in [0.4, 0.5) is 5.13 Å². The summed E-state index contributed by atoms with van der Waals surface area (Å²) in [4.78, 5) is 30.4. The van der Waals surface area contributed by atoms with E-state index in [2.05, 4.69) is 25.9 Å². The Bertz CT molecular complexity index is 562. The van der Waals surface area contributed by atoms with Crippen LogP contribution in [0.25, 0.3) is 0 Å². The highest BCUT2D eigenvalue weighted by Crippen LogP contribution is 2.28. The van der Waals surface area contributed by atoms with Gasteiger partial charge >= 0.3 is 0 Å². The van der Waals surface area contributed by atoms with Gasteiger partial charge in [0.2, 0.25) is 11.8 Å². The van der Waals surface area contributed by atoms with Crippen LogP contribution in [0.1, 0.15) is 31.4 Å². The third-order valence-corrected chi connectivity index (χ3v) is 5.43. The van der Waals surface area contributed by atoms with Crippen LogP contribution in [0, 0.1) is 18.8 Å². The number of hydrogen-bond donors (Lipinski definition) is 2. The molecule has 0 radical (unpaired) electrons. The standard InChI is InChI=1S/C16H24N4O2S/c1-11-10-23-16(19-11)20-8-4-13(5-9-20)15(22)18-7-6-17-14(21)12-2-3-12/h10,12-13H,2-9H2,1H3,(H,17,21)(H,18,22). The summed E-state index contributed by atoms with van der Waals surface area (Å²) in [7, 11) is 0. The topological polar surface area (TPSA) is 74.3 Å². The number of aryl methyl sites for hydroxylation is 1. The minimum absolute atomic E-state index is 0.0754. The van der Waals surface area contributed by atoms with Crippen LogP contribution in [-0.4, -0.2) is 43.0 Å². The lowest BCUT2D eigenvalue weighted by molar-refractivity contribution is -0.126. The van der Waals surface area contributed by atoms with Crippen molar-refractivity contribution in [1.29, 1.82) is 0 Å². The second-order valence-electron chi connectivity index (χ2n) is 6.39. The van der Waals surface area contributed by atoms with Gasteiger partial charge in [-0.05, 0) is 32.6 Å². The minimum atomic E-state index is 0.0754. The number of hydrogen-bond acceptors (Lipinski definition) is 5. The molecule has 2 aliphatic rings. The Balaban J connectivity index is 1.34. The Morgan fingerprint density at radius 1 is 1.13 bits per heavy atom. The third kappa shape index (κ3) is 4.43. The molecule has 2 N–H and O–H groups in total. The Labute approximate surface area is 140 Å². The van der Waals surface area contributed by atoms with Crippen LogP contribution in [0.3, 0.4) is 0 Å². The number of anilines is 1. The van der Waals surface area contributed by atoms with Crippen molar-refractivity contribution in [1.82, 2.24) is 15.6 Å². The summed E-state index contributed by atoms with van der Waals surface area (Å²) in [5, 5.41) is 8.92. The highest BCUT2D eigenvalue weighted by atomic mass is 32.1. The maximum Gasteiger partial charge on any atom is 0.223 e. The van der Waals surface area contributed by atoms with Gasteiger partial charge in [0.05, 0.1) is 5.69 Å². The van der Waals surface area contributed by atoms with Crippen LogP contribution in [0.5, 0.6) is 0 Å². The molecule has 3 rings (SSSR count). The lowest BCUT2D eigenvalue weighted by atomic mass is 9.96. The summed E-state index contributed by atoms with van der Waals surface area (Å²) in [6.07, 6.45) is 3.74. The van der Waals surface area contributed by atoms with Gasteiger partial charge in [0.15, 0.2) is 5.13 Å². The molecule has 1 aromatic rings. The highest BCUT2D eigenvalue weighted by Gasteiger charge is 2.29. The number of carbonyl (C=O) groups is 2. The molecule has 126 valence electrons. The van der Waals surface area contributed by atoms with E-state index >= 15 is 0 Å². The zero-order valence-corrected chi connectivity index (χ0v) is 14.3. The number of nitrogens with one attached hydrogen (secondary N) is 2. The zero-order valence-electron chi connectivity index (χ0n) is 13.5. The number of rotatable bonds is 6. The van der Waals surface area contributed by atoms with Crippen molar-refractivity contribution in [2.75, 3.05) is 31.1 Å². The minimum Gasteiger partial charge on any atom is -0.354 e. The van der Waals surface area contributed by atoms with E-state index in [4.69, 9.17) is 0 Å². The lowest BCUT2D eigenvalue weighted by Gasteiger charge is -2.31. The molecule has 0 bridgehead atoms. The first-order valence-corrected chi connectivity index (χ1v) is 9.24. The Morgan fingerprint density at radius 3 is 2.17 bits per heavy atom. The summed E-state index contributed by atoms with van der Waals surface area (Å²) in [6.45, 7) is 4.80. The van der Waals surface area contributed by atoms with Crippen molar-refractivity contribution in [2.24, 2.45) is 11.8 Å². The number of aromatic nitrogens is 1. The highest BCUT2D eigenvalue weighted by molar-refractivity contribution is 7.13. The molecule has 1 aliphatic carbocycles. The lowest BCUT2D eigenvalue weighted by Crippen LogP contribution is -2.42. The smallest absolute Gasteiger partial charge is 0.223 e. The summed E-state index contributed by atoms with van der Waals surface area (Å²) in [6, 6.07) is 0. The Morgan fingerprint density at radius 2 is 1.70 bits per heavy atom. The molecule has 6 nitrogen and oxygen atoms in total. The van der Waals surface area contributed by atoms with Crippen molar-refractivity contribution in [3.05, 3.63) is 11.1 Å². The Kier molecular flexibility index (Phi) is 5.15. The van der Waals surface area contributed by atoms with Crippen molar-refractivity contribution in [2.45, 2.75) is 32.6 Å². The normalized spacial score (nSPS) is 18.7. The molecule has 1 saturated heterocycles. The first-order chi connectivity index (χ1) is 11.1. The quantitative estimate of drug-likeness (QED) is 0.768. The van der Waals surface area contributed by atoms with Crippen LogP contribution in [0.2, 0.25) is 0 Å². The zero-order chi connectivity index (χ0) is 16.2. The van der Waals surface area contributed by atoms with Gasteiger partial charge in [-0.15, -0.1) is 11.3 Å². The van der Waals surface area contributed by atoms with Gasteiger partial charge in [-0.25, -0.2) is 4.98 Å². The van der Waals surface area contributed by atoms with Crippen molar-refractivity contribution in [3.8, 4) is 0 Å². The summed E-state index contributed by atoms with van der Waals surface area (Å²) >= 11 is 1.67. The molecule has 2 heterocycles. The molecule has 1 aliphatic heterocycles. The average molecular weight is 336 g/mol. The van der Waals surface area contributed by atoms with Gasteiger partial charge in [0, 0.05) is 43.4 Å². The van der Waals surface area contributed by atoms with E-state index in [1.165, 1.54) is 0 Å². The maximum absolute atomic E-state index is 12.2. The average Bonchev–Trinajstić information content (AvgIpc) is 3.33. The summed E-state index contributed by atoms with van der Waals surface area (Å²) in [5.41, 5.74) is 1.05. The van der Waals surface area contributed by atoms with Gasteiger partial charge in [0.1, 0.15) is 0 Å². The van der Waals surface area contributed by atoms with Crippen LogP contribution in [-0.2, 0) is 9.59 Å². The fourth-order valence-corrected chi connectivity index (χ4v) is 3.68. The fraction of sp³-hybridized carbons (Fsp3) is 0.688. The van der Waals surface area contributed by atoms with Crippen molar-refractivity contribution < 1.29 is 9.59 Å². The van der Waals surface area contributed by atoms with Crippen LogP contribution in [0.15, 0.2) is 5.38 Å². The molecular weight excluding hydrogens is 312 g/mol. The maximum atomic E-state index is 12.2. The predicted octanol–water partition coefficient (Wildman–Crippen LogP) is 1.31. The number of carbonyl (C=O) groups excluding carboxylic acids is 2. The predicted molar refractivity (Wildman–Crippen MR) is 90.5 cm³/mol. The molecule has 0 unspecified atom stereocenters. The van der Waals surface area contributed by atoms with Crippen LogP contribution >= 0.6 is 11.3 Å². The second-order valence-corrected chi connectivity index (χ2v) is 7.23. The molecule has 0 atom stereocenters. The van der Waals surface area contributed by atoms with Crippen molar-refractivity contribution in [3.63, 3.8) is 0 Å². The van der Waals surface area contributed by atoms with Crippen LogP contribution < -0.4 is 15.5 Å². The number of amides is 2. The molecule has 0 aromatic carbocycles. The van der Waals surface area contributed by atoms with Gasteiger partial charge in [-0.1, -0.05) is 0 Å². The van der Waals surface area contributed by atoms with E-state index in [9.17, 15) is 9.59 Å². The molecule has 23 heavy (non-hydrogen) atoms. The molecule has 1 aromatic heterocycles. The van der Waals surface area contributed by atoms with Gasteiger partial charge in [0.25, 0.3) is 0 Å². The van der Waals surface area contributed by atoms with Gasteiger partial charge in [-0.3, -0.25) is 9.59 Å². The number of nitrogens with zero attached hydrogens (tertiary/aromatic N) is 2. The molecule has 2 amide bonds. The largest absolute Gasteiger partial charge is 0.354 e. The van der Waals surface area contributed by atoms with E-state index in [0.717, 1.165) is 49.6 Å². The fourth-order valence-electron chi connectivity index (χ4n) is 2.83. The van der Waals surface area contributed by atoms with E-state index in [0.29, 0.717) is 13.1 Å². The third-order valence-electron chi connectivity index (χ3n) is 4.41. The second kappa shape index (κ2) is 7.29. The first-order valence-electron chi connectivity index (χ1n) is 8.36. The number of thiazole rings is 1. The summed E-state index contributed by atoms with van der Waals surface area (Å²) < 4.78 is 0. The molecular formula is C16H24N4O2S. The molecule has 2 fully saturated rings. The van der Waals surface area contributed by atoms with Gasteiger partial charge in [-0.2, -0.15) is 0 Å². The summed E-state index contributed by atoms with van der Waals surface area (Å²) in [5.74, 6) is 0.544. The molecule has 7 heteroatoms. The van der Waals surface area contributed by atoms with E-state index in [-0.39, 0.29) is 23.7 Å². The number of piperidine rings is 1. The van der Waals surface area contributed by atoms with Crippen molar-refractivity contribution >= 4 is 28.3 Å². The SMILES string of the molecule is Cc1csc(N2CCC(C(=O)NCCNC(=O)C3CC3)CC2)n1. The van der Waals surface area contributed by atoms with Gasteiger partial charge < -0.3 is 15.5 Å². The molecule has 0 spiro atoms. The van der Waals surface area contributed by atoms with E-state index in [1.807, 2.05) is 6.92 Å². The van der Waals surface area contributed by atoms with E-state index in [1.54, 1.807) is 11.3 Å². The Hall–Kier alpha value is -1.63. The van der Waals surface area contributed by atoms with E-state index < -0.39 is 0 Å².